The minimum absolute atomic E-state index is 0.0167. The molecule has 6 aromatic carbocycles. The summed E-state index contributed by atoms with van der Waals surface area (Å²) in [7, 11) is 0. The normalized spacial score (nSPS) is 27.5. The quantitative estimate of drug-likeness (QED) is 0.160. The second kappa shape index (κ2) is 15.1. The van der Waals surface area contributed by atoms with E-state index in [9.17, 15) is 0 Å². The van der Waals surface area contributed by atoms with E-state index in [1.165, 1.54) is 121 Å². The van der Waals surface area contributed by atoms with Crippen LogP contribution >= 0.6 is 0 Å². The SMILES string of the molecule is CC(C)(C)c1cc2c3c(c1)C(C)(C)c1cc4c(cc1B3c1cc3c(c5c6cc(C(C)(C)C)ccc6n-2c15)N(c1ccccc1)C1(C)CCC(C(C)(C)C)CC31C)C1(C)CC(C(C)(C)C)CCC1(C)N4c1ccccc1. The second-order valence-electron chi connectivity index (χ2n) is 30.8. The summed E-state index contributed by atoms with van der Waals surface area (Å²) in [5.41, 5.74) is 22.8. The molecule has 388 valence electrons. The van der Waals surface area contributed by atoms with Gasteiger partial charge in [0.2, 0.25) is 6.71 Å². The van der Waals surface area contributed by atoms with Gasteiger partial charge in [0, 0.05) is 49.8 Å². The van der Waals surface area contributed by atoms with Crippen molar-refractivity contribution >= 4 is 67.7 Å². The summed E-state index contributed by atoms with van der Waals surface area (Å²) < 4.78 is 2.80. The summed E-state index contributed by atoms with van der Waals surface area (Å²) in [6.07, 6.45) is 7.13. The van der Waals surface area contributed by atoms with Crippen molar-refractivity contribution in [3.05, 3.63) is 143 Å². The molecule has 2 fully saturated rings. The maximum absolute atomic E-state index is 2.89. The fraction of sp³-hybridized carbons (Fsp3) is 0.493. The number of hydrogen-bond acceptors (Lipinski definition) is 2. The largest absolute Gasteiger partial charge is 0.334 e. The molecule has 1 aromatic heterocycles. The predicted octanol–water partition coefficient (Wildman–Crippen LogP) is 16.9. The van der Waals surface area contributed by atoms with Crippen LogP contribution in [0.3, 0.4) is 0 Å². The van der Waals surface area contributed by atoms with E-state index in [0.29, 0.717) is 11.8 Å². The van der Waals surface area contributed by atoms with Crippen molar-refractivity contribution in [2.24, 2.45) is 22.7 Å². The van der Waals surface area contributed by atoms with Gasteiger partial charge in [-0.15, -0.1) is 0 Å². The fourth-order valence-corrected chi connectivity index (χ4v) is 17.1. The summed E-state index contributed by atoms with van der Waals surface area (Å²) in [6.45, 7) is 45.3. The van der Waals surface area contributed by atoms with Gasteiger partial charge in [-0.1, -0.05) is 177 Å². The van der Waals surface area contributed by atoms with Crippen LogP contribution < -0.4 is 26.2 Å². The molecular weight excluding hydrogens is 906 g/mol. The van der Waals surface area contributed by atoms with E-state index in [2.05, 4.69) is 248 Å². The maximum atomic E-state index is 2.89. The van der Waals surface area contributed by atoms with Gasteiger partial charge in [0.15, 0.2) is 0 Å². The van der Waals surface area contributed by atoms with Crippen LogP contribution in [0, 0.1) is 22.7 Å². The Kier molecular flexibility index (Phi) is 9.92. The van der Waals surface area contributed by atoms with Gasteiger partial charge in [0.05, 0.1) is 27.8 Å². The minimum Gasteiger partial charge on any atom is -0.334 e. The summed E-state index contributed by atoms with van der Waals surface area (Å²) in [5, 5.41) is 2.85. The summed E-state index contributed by atoms with van der Waals surface area (Å²) >= 11 is 0. The highest BCUT2D eigenvalue weighted by Gasteiger charge is 2.64. The first-order valence-corrected chi connectivity index (χ1v) is 29.2. The number of aromatic nitrogens is 1. The molecule has 0 amide bonds. The molecule has 6 atom stereocenters. The Labute approximate surface area is 452 Å². The van der Waals surface area contributed by atoms with E-state index < -0.39 is 0 Å². The van der Waals surface area contributed by atoms with E-state index >= 15 is 0 Å². The van der Waals surface area contributed by atoms with Gasteiger partial charge >= 0.3 is 0 Å². The standard InChI is InChI=1S/C71H86BN3/c1-63(2,3)43-29-30-56-49(35-43)59-61-53(69(16)42-45(65(7,8)9)32-34-71(69,18)75(61)48-27-23-20-24-28-48)39-55-62(59)73(56)58-37-46(66(10,11)12)36-52-60(58)72(55)54-38-51-57(40-50(54)67(52,13)14)74(47-25-21-19-22-26-47)70(17)33-31-44(64(4,5)6)41-68(51,70)15/h19-30,35-40,44-45H,31-34,41-42H2,1-18H3. The van der Waals surface area contributed by atoms with Gasteiger partial charge in [-0.05, 0) is 179 Å². The van der Waals surface area contributed by atoms with Crippen molar-refractivity contribution in [2.45, 2.75) is 201 Å². The molecule has 3 nitrogen and oxygen atoms in total. The topological polar surface area (TPSA) is 11.4 Å². The van der Waals surface area contributed by atoms with Crippen LogP contribution in [0.25, 0.3) is 27.5 Å². The number of para-hydroxylation sites is 2. The summed E-state index contributed by atoms with van der Waals surface area (Å²) in [4.78, 5) is 5.72. The Morgan fingerprint density at radius 1 is 0.493 bits per heavy atom. The first-order chi connectivity index (χ1) is 34.9. The lowest BCUT2D eigenvalue weighted by Gasteiger charge is -2.54. The summed E-state index contributed by atoms with van der Waals surface area (Å²) in [6, 6.07) is 44.4. The van der Waals surface area contributed by atoms with Crippen molar-refractivity contribution in [2.75, 3.05) is 9.80 Å². The second-order valence-corrected chi connectivity index (χ2v) is 30.8. The van der Waals surface area contributed by atoms with Gasteiger partial charge in [-0.3, -0.25) is 0 Å². The first kappa shape index (κ1) is 49.4. The van der Waals surface area contributed by atoms with Crippen LogP contribution in [0.5, 0.6) is 0 Å². The zero-order chi connectivity index (χ0) is 53.3. The van der Waals surface area contributed by atoms with E-state index in [-0.39, 0.29) is 55.7 Å². The van der Waals surface area contributed by atoms with Crippen LogP contribution in [0.4, 0.5) is 22.7 Å². The van der Waals surface area contributed by atoms with Crippen molar-refractivity contribution < 1.29 is 0 Å². The molecule has 0 N–H and O–H groups in total. The third kappa shape index (κ3) is 6.35. The van der Waals surface area contributed by atoms with Gasteiger partial charge in [0.1, 0.15) is 0 Å². The van der Waals surface area contributed by atoms with Gasteiger partial charge in [-0.25, -0.2) is 0 Å². The lowest BCUT2D eigenvalue weighted by Crippen LogP contribution is -2.64. The molecular formula is C71H86BN3. The molecule has 75 heavy (non-hydrogen) atoms. The Bertz CT molecular complexity index is 3550. The molecule has 5 heterocycles. The number of rotatable bonds is 2. The van der Waals surface area contributed by atoms with Crippen LogP contribution in [0.1, 0.15) is 197 Å². The number of nitrogens with zero attached hydrogens (tertiary/aromatic N) is 3. The molecule has 0 radical (unpaired) electrons. The average molecular weight is 992 g/mol. The highest BCUT2D eigenvalue weighted by atomic mass is 15.3. The predicted molar refractivity (Wildman–Crippen MR) is 324 cm³/mol. The molecule has 4 aliphatic heterocycles. The Hall–Kier alpha value is -5.22. The van der Waals surface area contributed by atoms with Crippen molar-refractivity contribution in [3.63, 3.8) is 0 Å². The zero-order valence-corrected chi connectivity index (χ0v) is 49.2. The molecule has 0 saturated heterocycles. The van der Waals surface area contributed by atoms with Crippen molar-refractivity contribution in [3.8, 4) is 5.69 Å². The molecule has 0 spiro atoms. The molecule has 6 unspecified atom stereocenters. The maximum Gasteiger partial charge on any atom is 0.247 e. The van der Waals surface area contributed by atoms with Gasteiger partial charge in [-0.2, -0.15) is 0 Å². The Morgan fingerprint density at radius 2 is 1.03 bits per heavy atom. The van der Waals surface area contributed by atoms with Crippen molar-refractivity contribution in [1.82, 2.24) is 4.57 Å². The molecule has 6 aliphatic rings. The van der Waals surface area contributed by atoms with Gasteiger partial charge in [0.25, 0.3) is 0 Å². The average Bonchev–Trinajstić information content (AvgIpc) is 4.12. The molecule has 0 bridgehead atoms. The number of benzene rings is 6. The number of hydrogen-bond donors (Lipinski definition) is 0. The van der Waals surface area contributed by atoms with Crippen LogP contribution in [-0.4, -0.2) is 22.4 Å². The molecule has 7 aromatic rings. The highest BCUT2D eigenvalue weighted by Crippen LogP contribution is 2.67. The van der Waals surface area contributed by atoms with E-state index in [4.69, 9.17) is 0 Å². The third-order valence-corrected chi connectivity index (χ3v) is 22.4. The first-order valence-electron chi connectivity index (χ1n) is 29.2. The highest BCUT2D eigenvalue weighted by molar-refractivity contribution is 6.99. The molecule has 13 rings (SSSR count). The van der Waals surface area contributed by atoms with Crippen LogP contribution in [-0.2, 0) is 27.1 Å². The Morgan fingerprint density at radius 3 is 1.59 bits per heavy atom. The smallest absolute Gasteiger partial charge is 0.247 e. The van der Waals surface area contributed by atoms with E-state index in [1.807, 2.05) is 0 Å². The molecule has 4 heteroatoms. The minimum atomic E-state index is -0.272. The van der Waals surface area contributed by atoms with Crippen molar-refractivity contribution in [1.29, 1.82) is 0 Å². The summed E-state index contributed by atoms with van der Waals surface area (Å²) in [5.74, 6) is 1.24. The number of fused-ring (bicyclic) bond motifs is 14. The van der Waals surface area contributed by atoms with E-state index in [1.54, 1.807) is 11.1 Å². The van der Waals surface area contributed by atoms with Crippen LogP contribution in [0.15, 0.2) is 109 Å². The van der Waals surface area contributed by atoms with E-state index in [0.717, 1.165) is 6.42 Å². The lowest BCUT2D eigenvalue weighted by atomic mass is 9.30. The molecule has 2 saturated carbocycles. The third-order valence-electron chi connectivity index (χ3n) is 22.4. The number of anilines is 4. The Balaban J connectivity index is 1.20. The lowest BCUT2D eigenvalue weighted by molar-refractivity contribution is 0.0787. The fourth-order valence-electron chi connectivity index (χ4n) is 17.1. The van der Waals surface area contributed by atoms with Gasteiger partial charge < -0.3 is 14.4 Å². The zero-order valence-electron chi connectivity index (χ0n) is 49.2. The molecule has 2 aliphatic carbocycles. The monoisotopic (exact) mass is 992 g/mol. The van der Waals surface area contributed by atoms with Crippen LogP contribution in [0.2, 0.25) is 0 Å².